The van der Waals surface area contributed by atoms with Crippen molar-refractivity contribution in [3.05, 3.63) is 77.3 Å². The fourth-order valence-electron chi connectivity index (χ4n) is 2.55. The van der Waals surface area contributed by atoms with Crippen LogP contribution in [0.25, 0.3) is 10.8 Å². The van der Waals surface area contributed by atoms with Gasteiger partial charge in [-0.1, -0.05) is 41.9 Å². The van der Waals surface area contributed by atoms with E-state index in [4.69, 9.17) is 11.6 Å². The van der Waals surface area contributed by atoms with E-state index in [2.05, 4.69) is 15.8 Å². The zero-order chi connectivity index (χ0) is 19.2. The third kappa shape index (κ3) is 5.15. The lowest BCUT2D eigenvalue weighted by molar-refractivity contribution is -0.115. The highest BCUT2D eigenvalue weighted by Gasteiger charge is 2.08. The maximum atomic E-state index is 12.3. The molecule has 136 valence electrons. The monoisotopic (exact) mass is 379 g/mol. The first-order chi connectivity index (χ1) is 13.0. The molecule has 27 heavy (non-hydrogen) atoms. The van der Waals surface area contributed by atoms with Gasteiger partial charge in [0.05, 0.1) is 6.42 Å². The summed E-state index contributed by atoms with van der Waals surface area (Å²) >= 11 is 5.81. The molecule has 0 unspecified atom stereocenters. The third-order valence-corrected chi connectivity index (χ3v) is 4.16. The second-order valence-corrected chi connectivity index (χ2v) is 6.52. The van der Waals surface area contributed by atoms with Gasteiger partial charge in [-0.2, -0.15) is 5.10 Å². The number of hydrogen-bond acceptors (Lipinski definition) is 3. The summed E-state index contributed by atoms with van der Waals surface area (Å²) in [6.45, 7) is 1.68. The highest BCUT2D eigenvalue weighted by molar-refractivity contribution is 6.30. The molecule has 0 aliphatic heterocycles. The number of nitrogens with zero attached hydrogens (tertiary/aromatic N) is 1. The molecule has 0 saturated carbocycles. The molecule has 5 nitrogen and oxygen atoms in total. The smallest absolute Gasteiger partial charge is 0.271 e. The number of anilines is 1. The number of halogens is 1. The first-order valence-electron chi connectivity index (χ1n) is 8.39. The molecule has 2 amide bonds. The molecule has 0 atom stereocenters. The Morgan fingerprint density at radius 3 is 2.41 bits per heavy atom. The maximum absolute atomic E-state index is 12.3. The van der Waals surface area contributed by atoms with Crippen molar-refractivity contribution in [3.63, 3.8) is 0 Å². The van der Waals surface area contributed by atoms with Crippen LogP contribution in [0.2, 0.25) is 5.02 Å². The summed E-state index contributed by atoms with van der Waals surface area (Å²) < 4.78 is 0. The van der Waals surface area contributed by atoms with Crippen LogP contribution < -0.4 is 10.7 Å². The summed E-state index contributed by atoms with van der Waals surface area (Å²) in [5.74, 6) is -0.545. The summed E-state index contributed by atoms with van der Waals surface area (Å²) in [4.78, 5) is 24.3. The summed E-state index contributed by atoms with van der Waals surface area (Å²) in [5, 5.41) is 9.40. The van der Waals surface area contributed by atoms with Gasteiger partial charge in [-0.25, -0.2) is 5.43 Å². The predicted octanol–water partition coefficient (Wildman–Crippen LogP) is 4.63. The van der Waals surface area contributed by atoms with E-state index in [1.807, 2.05) is 36.4 Å². The van der Waals surface area contributed by atoms with Crippen LogP contribution in [0.5, 0.6) is 0 Å². The van der Waals surface area contributed by atoms with Gasteiger partial charge in [0, 0.05) is 22.0 Å². The number of nitrogens with one attached hydrogen (secondary N) is 2. The van der Waals surface area contributed by atoms with Gasteiger partial charge in [0.25, 0.3) is 5.91 Å². The molecular formula is C21H18ClN3O2. The molecule has 3 aromatic rings. The SMILES string of the molecule is CC(CC(=O)Nc1ccc(Cl)cc1)=NNC(=O)c1ccc2ccccc2c1. The summed E-state index contributed by atoms with van der Waals surface area (Å²) in [6, 6.07) is 20.1. The summed E-state index contributed by atoms with van der Waals surface area (Å²) in [5.41, 5.74) is 4.15. The number of rotatable bonds is 5. The van der Waals surface area contributed by atoms with E-state index in [1.165, 1.54) is 0 Å². The first-order valence-corrected chi connectivity index (χ1v) is 8.77. The minimum atomic E-state index is -0.321. The minimum absolute atomic E-state index is 0.0701. The van der Waals surface area contributed by atoms with Crippen molar-refractivity contribution in [2.24, 2.45) is 5.10 Å². The zero-order valence-corrected chi connectivity index (χ0v) is 15.5. The number of carbonyl (C=O) groups excluding carboxylic acids is 2. The standard InChI is InChI=1S/C21H18ClN3O2/c1-14(12-20(26)23-19-10-8-18(22)9-11-19)24-25-21(27)17-7-6-15-4-2-3-5-16(15)13-17/h2-11,13H,12H2,1H3,(H,23,26)(H,25,27). The van der Waals surface area contributed by atoms with E-state index in [0.717, 1.165) is 10.8 Å². The molecule has 3 rings (SSSR count). The maximum Gasteiger partial charge on any atom is 0.271 e. The molecule has 0 saturated heterocycles. The van der Waals surface area contributed by atoms with Gasteiger partial charge in [-0.05, 0) is 54.1 Å². The lowest BCUT2D eigenvalue weighted by Gasteiger charge is -2.06. The van der Waals surface area contributed by atoms with Crippen molar-refractivity contribution < 1.29 is 9.59 Å². The molecule has 0 bridgehead atoms. The van der Waals surface area contributed by atoms with Gasteiger partial charge >= 0.3 is 0 Å². The zero-order valence-electron chi connectivity index (χ0n) is 14.7. The van der Waals surface area contributed by atoms with E-state index in [0.29, 0.717) is 22.0 Å². The molecule has 0 aliphatic rings. The Kier molecular flexibility index (Phi) is 5.84. The molecule has 0 aromatic heterocycles. The van der Waals surface area contributed by atoms with Crippen LogP contribution in [0, 0.1) is 0 Å². The normalized spacial score (nSPS) is 11.3. The van der Waals surface area contributed by atoms with Crippen molar-refractivity contribution in [1.29, 1.82) is 0 Å². The Balaban J connectivity index is 1.57. The molecule has 0 radical (unpaired) electrons. The molecule has 0 heterocycles. The average Bonchev–Trinajstić information content (AvgIpc) is 2.67. The van der Waals surface area contributed by atoms with Crippen molar-refractivity contribution in [2.75, 3.05) is 5.32 Å². The molecule has 3 aromatic carbocycles. The Labute approximate surface area is 162 Å². The van der Waals surface area contributed by atoms with E-state index >= 15 is 0 Å². The highest BCUT2D eigenvalue weighted by atomic mass is 35.5. The fourth-order valence-corrected chi connectivity index (χ4v) is 2.68. The van der Waals surface area contributed by atoms with Gasteiger partial charge in [0.2, 0.25) is 5.91 Å². The second kappa shape index (κ2) is 8.47. The highest BCUT2D eigenvalue weighted by Crippen LogP contribution is 2.16. The summed E-state index contributed by atoms with van der Waals surface area (Å²) in [7, 11) is 0. The van der Waals surface area contributed by atoms with E-state index in [1.54, 1.807) is 37.3 Å². The number of hydrogen-bond donors (Lipinski definition) is 2. The minimum Gasteiger partial charge on any atom is -0.326 e. The first kappa shape index (κ1) is 18.6. The second-order valence-electron chi connectivity index (χ2n) is 6.08. The lowest BCUT2D eigenvalue weighted by Crippen LogP contribution is -2.21. The van der Waals surface area contributed by atoms with Crippen LogP contribution in [-0.2, 0) is 4.79 Å². The van der Waals surface area contributed by atoms with Crippen LogP contribution in [0.4, 0.5) is 5.69 Å². The van der Waals surface area contributed by atoms with Gasteiger partial charge in [0.1, 0.15) is 0 Å². The quantitative estimate of drug-likeness (QED) is 0.501. The van der Waals surface area contributed by atoms with Gasteiger partial charge in [-0.3, -0.25) is 9.59 Å². The average molecular weight is 380 g/mol. The molecular weight excluding hydrogens is 362 g/mol. The number of fused-ring (bicyclic) bond motifs is 1. The Bertz CT molecular complexity index is 1010. The van der Waals surface area contributed by atoms with Crippen LogP contribution in [-0.4, -0.2) is 17.5 Å². The van der Waals surface area contributed by atoms with Crippen molar-refractivity contribution in [2.45, 2.75) is 13.3 Å². The number of benzene rings is 3. The lowest BCUT2D eigenvalue weighted by atomic mass is 10.1. The van der Waals surface area contributed by atoms with Gasteiger partial charge < -0.3 is 5.32 Å². The van der Waals surface area contributed by atoms with E-state index in [-0.39, 0.29) is 18.2 Å². The van der Waals surface area contributed by atoms with Gasteiger partial charge in [0.15, 0.2) is 0 Å². The van der Waals surface area contributed by atoms with Crippen LogP contribution in [0.15, 0.2) is 71.8 Å². The van der Waals surface area contributed by atoms with Gasteiger partial charge in [-0.15, -0.1) is 0 Å². The van der Waals surface area contributed by atoms with Crippen LogP contribution >= 0.6 is 11.6 Å². The van der Waals surface area contributed by atoms with E-state index < -0.39 is 0 Å². The fraction of sp³-hybridized carbons (Fsp3) is 0.0952. The number of carbonyl (C=O) groups is 2. The van der Waals surface area contributed by atoms with E-state index in [9.17, 15) is 9.59 Å². The molecule has 2 N–H and O–H groups in total. The molecule has 6 heteroatoms. The predicted molar refractivity (Wildman–Crippen MR) is 109 cm³/mol. The van der Waals surface area contributed by atoms with Crippen molar-refractivity contribution in [3.8, 4) is 0 Å². The number of amides is 2. The third-order valence-electron chi connectivity index (χ3n) is 3.90. The molecule has 0 aliphatic carbocycles. The van der Waals surface area contributed by atoms with Crippen LogP contribution in [0.3, 0.4) is 0 Å². The Morgan fingerprint density at radius 1 is 0.963 bits per heavy atom. The largest absolute Gasteiger partial charge is 0.326 e. The van der Waals surface area contributed by atoms with Crippen LogP contribution in [0.1, 0.15) is 23.7 Å². The topological polar surface area (TPSA) is 70.6 Å². The molecule has 0 spiro atoms. The van der Waals surface area contributed by atoms with Crippen molar-refractivity contribution >= 4 is 45.6 Å². The molecule has 0 fully saturated rings. The summed E-state index contributed by atoms with van der Waals surface area (Å²) in [6.07, 6.45) is 0.0701. The Hall–Kier alpha value is -3.18. The Morgan fingerprint density at radius 2 is 1.67 bits per heavy atom. The van der Waals surface area contributed by atoms with Crippen molar-refractivity contribution in [1.82, 2.24) is 5.43 Å². The number of hydrazone groups is 1.